The maximum absolute atomic E-state index is 13.3. The number of rotatable bonds is 12. The normalized spacial score (nSPS) is 14.4. The molecule has 192 valence electrons. The number of halogens is 1. The molecule has 1 aromatic rings. The zero-order valence-corrected chi connectivity index (χ0v) is 22.9. The van der Waals surface area contributed by atoms with E-state index in [2.05, 4.69) is 34.6 Å². The van der Waals surface area contributed by atoms with Crippen molar-refractivity contribution in [1.29, 1.82) is 0 Å². The van der Waals surface area contributed by atoms with Gasteiger partial charge >= 0.3 is 5.97 Å². The van der Waals surface area contributed by atoms with Crippen LogP contribution in [0.25, 0.3) is 0 Å². The van der Waals surface area contributed by atoms with Crippen molar-refractivity contribution in [1.82, 2.24) is 0 Å². The van der Waals surface area contributed by atoms with Crippen molar-refractivity contribution in [2.45, 2.75) is 104 Å². The summed E-state index contributed by atoms with van der Waals surface area (Å²) in [5.41, 5.74) is 5.98. The van der Waals surface area contributed by atoms with Gasteiger partial charge in [0.1, 0.15) is 17.0 Å². The molecule has 0 aliphatic heterocycles. The Morgan fingerprint density at radius 1 is 0.971 bits per heavy atom. The fourth-order valence-corrected chi connectivity index (χ4v) is 3.77. The maximum atomic E-state index is 13.3. The average Bonchev–Trinajstić information content (AvgIpc) is 2.72. The lowest BCUT2D eigenvalue weighted by Gasteiger charge is -2.34. The molecule has 0 spiro atoms. The van der Waals surface area contributed by atoms with Gasteiger partial charge in [-0.2, -0.15) is 0 Å². The van der Waals surface area contributed by atoms with Gasteiger partial charge in [0.2, 0.25) is 5.91 Å². The second kappa shape index (κ2) is 11.1. The van der Waals surface area contributed by atoms with Gasteiger partial charge in [0.05, 0.1) is 6.61 Å². The lowest BCUT2D eigenvalue weighted by atomic mass is 9.70. The molecule has 6 nitrogen and oxygen atoms in total. The van der Waals surface area contributed by atoms with Crippen molar-refractivity contribution in [3.63, 3.8) is 0 Å². The fraction of sp³-hybridized carbons (Fsp3) is 0.667. The summed E-state index contributed by atoms with van der Waals surface area (Å²) in [7, 11) is 0. The number of hydrogen-bond acceptors (Lipinski definition) is 4. The van der Waals surface area contributed by atoms with Crippen molar-refractivity contribution in [3.05, 3.63) is 28.8 Å². The molecule has 2 unspecified atom stereocenters. The molecule has 0 aliphatic rings. The molecular formula is C27H42ClNO5. The van der Waals surface area contributed by atoms with Crippen LogP contribution in [0.2, 0.25) is 0 Å². The highest BCUT2D eigenvalue weighted by Gasteiger charge is 2.40. The Morgan fingerprint density at radius 3 is 1.88 bits per heavy atom. The molecule has 1 amide bonds. The third kappa shape index (κ3) is 6.97. The van der Waals surface area contributed by atoms with Crippen LogP contribution >= 0.6 is 11.6 Å². The van der Waals surface area contributed by atoms with Crippen molar-refractivity contribution in [2.24, 2.45) is 11.1 Å². The van der Waals surface area contributed by atoms with E-state index in [0.29, 0.717) is 11.3 Å². The van der Waals surface area contributed by atoms with Crippen LogP contribution < -0.4 is 10.5 Å². The first-order valence-corrected chi connectivity index (χ1v) is 12.4. The minimum absolute atomic E-state index is 0.130. The summed E-state index contributed by atoms with van der Waals surface area (Å²) in [5.74, 6) is -3.00. The quantitative estimate of drug-likeness (QED) is 0.285. The van der Waals surface area contributed by atoms with Crippen LogP contribution in [0.1, 0.15) is 104 Å². The van der Waals surface area contributed by atoms with Gasteiger partial charge in [0, 0.05) is 17.4 Å². The number of ether oxygens (including phenoxy) is 1. The van der Waals surface area contributed by atoms with Gasteiger partial charge in [-0.25, -0.2) is 0 Å². The number of carbonyl (C=O) groups excluding carboxylic acids is 2. The summed E-state index contributed by atoms with van der Waals surface area (Å²) in [6, 6.07) is 3.73. The van der Waals surface area contributed by atoms with Gasteiger partial charge in [0.15, 0.2) is 5.78 Å². The molecule has 7 heteroatoms. The van der Waals surface area contributed by atoms with E-state index in [1.165, 1.54) is 0 Å². The van der Waals surface area contributed by atoms with E-state index in [1.54, 1.807) is 26.8 Å². The second-order valence-corrected chi connectivity index (χ2v) is 11.8. The molecule has 1 rings (SSSR count). The number of carboxylic acid groups (broad SMARTS) is 1. The van der Waals surface area contributed by atoms with Crippen LogP contribution in [-0.2, 0) is 25.2 Å². The highest BCUT2D eigenvalue weighted by atomic mass is 35.5. The van der Waals surface area contributed by atoms with Gasteiger partial charge in [-0.1, -0.05) is 68.4 Å². The summed E-state index contributed by atoms with van der Waals surface area (Å²) in [5, 5.41) is 9.30. The molecule has 0 aliphatic carbocycles. The Kier molecular flexibility index (Phi) is 9.78. The van der Waals surface area contributed by atoms with Crippen LogP contribution in [-0.4, -0.2) is 34.8 Å². The summed E-state index contributed by atoms with van der Waals surface area (Å²) in [4.78, 5) is 37.1. The third-order valence-electron chi connectivity index (χ3n) is 6.87. The van der Waals surface area contributed by atoms with Crippen molar-refractivity contribution in [2.75, 3.05) is 6.61 Å². The SMILES string of the molecule is CCC(C)(C)c1cc(C(C)(C)CC)c(C(C(=O)O)C(=O)C(C)(C)C)cc1OCCC(Cl)C(N)=O. The third-order valence-corrected chi connectivity index (χ3v) is 7.31. The summed E-state index contributed by atoms with van der Waals surface area (Å²) < 4.78 is 6.09. The van der Waals surface area contributed by atoms with Gasteiger partial charge in [-0.05, 0) is 40.9 Å². The van der Waals surface area contributed by atoms with Crippen molar-refractivity contribution in [3.8, 4) is 5.75 Å². The van der Waals surface area contributed by atoms with E-state index >= 15 is 0 Å². The summed E-state index contributed by atoms with van der Waals surface area (Å²) >= 11 is 5.98. The molecule has 1 aromatic carbocycles. The summed E-state index contributed by atoms with van der Waals surface area (Å²) in [6.45, 7) is 17.7. The van der Waals surface area contributed by atoms with Crippen molar-refractivity contribution < 1.29 is 24.2 Å². The number of ketones is 1. The molecule has 0 saturated heterocycles. The molecule has 0 radical (unpaired) electrons. The number of aliphatic carboxylic acids is 1. The smallest absolute Gasteiger partial charge is 0.318 e. The van der Waals surface area contributed by atoms with Gasteiger partial charge in [-0.15, -0.1) is 11.6 Å². The van der Waals surface area contributed by atoms with Crippen LogP contribution in [0.4, 0.5) is 0 Å². The number of carboxylic acids is 1. The van der Waals surface area contributed by atoms with Gasteiger partial charge < -0.3 is 15.6 Å². The average molecular weight is 496 g/mol. The molecule has 3 N–H and O–H groups in total. The number of amides is 1. The van der Waals surface area contributed by atoms with Crippen LogP contribution in [0.15, 0.2) is 12.1 Å². The largest absolute Gasteiger partial charge is 0.493 e. The number of carbonyl (C=O) groups is 3. The number of nitrogens with two attached hydrogens (primary N) is 1. The first kappa shape index (κ1) is 30.0. The number of primary amides is 1. The number of benzene rings is 1. The Balaban J connectivity index is 3.87. The molecule has 0 aromatic heterocycles. The molecular weight excluding hydrogens is 454 g/mol. The zero-order chi connectivity index (χ0) is 26.6. The highest BCUT2D eigenvalue weighted by Crippen LogP contribution is 2.44. The maximum Gasteiger partial charge on any atom is 0.318 e. The molecule has 0 saturated carbocycles. The first-order valence-electron chi connectivity index (χ1n) is 11.9. The molecule has 2 atom stereocenters. The predicted molar refractivity (Wildman–Crippen MR) is 137 cm³/mol. The van der Waals surface area contributed by atoms with E-state index in [9.17, 15) is 19.5 Å². The lowest BCUT2D eigenvalue weighted by Crippen LogP contribution is -2.34. The Labute approximate surface area is 209 Å². The van der Waals surface area contributed by atoms with E-state index in [0.717, 1.165) is 24.0 Å². The molecule has 0 fully saturated rings. The number of alkyl halides is 1. The van der Waals surface area contributed by atoms with Crippen LogP contribution in [0, 0.1) is 5.41 Å². The minimum atomic E-state index is -1.33. The number of hydrogen-bond donors (Lipinski definition) is 2. The van der Waals surface area contributed by atoms with Crippen LogP contribution in [0.3, 0.4) is 0 Å². The van der Waals surface area contributed by atoms with E-state index in [-0.39, 0.29) is 29.6 Å². The Morgan fingerprint density at radius 2 is 1.47 bits per heavy atom. The zero-order valence-electron chi connectivity index (χ0n) is 22.2. The molecule has 0 bridgehead atoms. The fourth-order valence-electron chi connectivity index (χ4n) is 3.68. The second-order valence-electron chi connectivity index (χ2n) is 11.3. The van der Waals surface area contributed by atoms with Gasteiger partial charge in [0.25, 0.3) is 0 Å². The van der Waals surface area contributed by atoms with Crippen molar-refractivity contribution >= 4 is 29.3 Å². The Hall–Kier alpha value is -2.08. The Bertz CT molecular complexity index is 914. The summed E-state index contributed by atoms with van der Waals surface area (Å²) in [6.07, 6.45) is 1.79. The monoisotopic (exact) mass is 495 g/mol. The van der Waals surface area contributed by atoms with E-state index in [1.807, 2.05) is 13.0 Å². The van der Waals surface area contributed by atoms with E-state index in [4.69, 9.17) is 22.1 Å². The molecule has 0 heterocycles. The lowest BCUT2D eigenvalue weighted by molar-refractivity contribution is -0.145. The predicted octanol–water partition coefficient (Wildman–Crippen LogP) is 5.71. The molecule has 34 heavy (non-hydrogen) atoms. The van der Waals surface area contributed by atoms with E-state index < -0.39 is 28.6 Å². The van der Waals surface area contributed by atoms with Crippen LogP contribution in [0.5, 0.6) is 5.75 Å². The minimum Gasteiger partial charge on any atom is -0.493 e. The number of Topliss-reactive ketones (excluding diaryl/α,β-unsaturated/α-hetero) is 1. The first-order chi connectivity index (χ1) is 15.4. The van der Waals surface area contributed by atoms with Gasteiger partial charge in [-0.3, -0.25) is 14.4 Å². The highest BCUT2D eigenvalue weighted by molar-refractivity contribution is 6.30. The topological polar surface area (TPSA) is 107 Å². The standard InChI is InChI=1S/C27H42ClNO5/c1-10-26(6,7)17-15-18(27(8,9)11-2)20(34-13-12-19(28)23(29)31)14-16(17)21(24(32)33)22(30)25(3,4)5/h14-15,19,21H,10-13H2,1-9H3,(H2,29,31)(H,32,33).